The van der Waals surface area contributed by atoms with Crippen LogP contribution in [0.1, 0.15) is 31.2 Å². The smallest absolute Gasteiger partial charge is 0.301 e. The molecule has 6 atom stereocenters. The number of allylic oxidation sites excluding steroid dienone is 2. The summed E-state index contributed by atoms with van der Waals surface area (Å²) in [6.07, 6.45) is 1.93. The molecule has 4 amide bonds. The van der Waals surface area contributed by atoms with Gasteiger partial charge >= 0.3 is 11.4 Å². The monoisotopic (exact) mass is 695 g/mol. The lowest BCUT2D eigenvalue weighted by atomic mass is 9.51. The van der Waals surface area contributed by atoms with E-state index in [4.69, 9.17) is 4.74 Å². The molecule has 2 saturated heterocycles. The zero-order valence-electron chi connectivity index (χ0n) is 28.0. The van der Waals surface area contributed by atoms with Gasteiger partial charge in [-0.25, -0.2) is 9.80 Å². The van der Waals surface area contributed by atoms with Crippen molar-refractivity contribution in [1.82, 2.24) is 0 Å². The van der Waals surface area contributed by atoms with Gasteiger partial charge in [0.05, 0.1) is 51.5 Å². The summed E-state index contributed by atoms with van der Waals surface area (Å²) in [6, 6.07) is 15.2. The van der Waals surface area contributed by atoms with Gasteiger partial charge in [0.15, 0.2) is 17.2 Å². The van der Waals surface area contributed by atoms with Gasteiger partial charge in [-0.15, -0.1) is 0 Å². The van der Waals surface area contributed by atoms with E-state index in [1.54, 1.807) is 49.4 Å². The van der Waals surface area contributed by atoms with E-state index in [2.05, 4.69) is 0 Å². The average molecular weight is 696 g/mol. The number of fused-ring (bicyclic) bond motifs is 4. The lowest BCUT2D eigenvalue weighted by Crippen LogP contribution is -2.48. The molecule has 0 radical (unpaired) electrons. The fourth-order valence-corrected chi connectivity index (χ4v) is 8.82. The van der Waals surface area contributed by atoms with Crippen LogP contribution in [0.3, 0.4) is 0 Å². The maximum Gasteiger partial charge on any atom is 0.301 e. The quantitative estimate of drug-likeness (QED) is 0.156. The number of imide groups is 2. The second-order valence-corrected chi connectivity index (χ2v) is 13.7. The highest BCUT2D eigenvalue weighted by Gasteiger charge is 2.67. The Labute approximate surface area is 291 Å². The van der Waals surface area contributed by atoms with Crippen molar-refractivity contribution in [3.8, 4) is 11.5 Å². The van der Waals surface area contributed by atoms with Crippen LogP contribution in [0, 0.1) is 49.3 Å². The van der Waals surface area contributed by atoms with E-state index >= 15 is 0 Å². The number of nitro benzene ring substituents is 2. The van der Waals surface area contributed by atoms with Crippen molar-refractivity contribution < 1.29 is 38.9 Å². The lowest BCUT2D eigenvalue weighted by Gasteiger charge is -2.49. The Kier molecular flexibility index (Phi) is 7.69. The topological polar surface area (TPSA) is 194 Å². The molecule has 2 aliphatic heterocycles. The van der Waals surface area contributed by atoms with Crippen molar-refractivity contribution in [2.75, 3.05) is 35.9 Å². The third kappa shape index (κ3) is 4.71. The molecule has 15 heteroatoms. The van der Waals surface area contributed by atoms with E-state index in [0.717, 1.165) is 21.9 Å². The van der Waals surface area contributed by atoms with Crippen molar-refractivity contribution >= 4 is 52.1 Å². The van der Waals surface area contributed by atoms with Gasteiger partial charge in [-0.05, 0) is 55.5 Å². The van der Waals surface area contributed by atoms with E-state index in [1.807, 2.05) is 6.08 Å². The molecule has 0 aromatic heterocycles. The molecule has 3 aromatic carbocycles. The van der Waals surface area contributed by atoms with Gasteiger partial charge in [0.25, 0.3) is 0 Å². The number of carbonyl (C=O) groups is 4. The molecule has 2 heterocycles. The van der Waals surface area contributed by atoms with Gasteiger partial charge in [-0.1, -0.05) is 35.9 Å². The number of rotatable bonds is 7. The van der Waals surface area contributed by atoms with E-state index < -0.39 is 79.9 Å². The number of anilines is 3. The van der Waals surface area contributed by atoms with Crippen molar-refractivity contribution in [2.24, 2.45) is 29.1 Å². The highest BCUT2D eigenvalue weighted by Crippen LogP contribution is 2.64. The molecule has 1 saturated carbocycles. The maximum atomic E-state index is 14.5. The summed E-state index contributed by atoms with van der Waals surface area (Å²) < 4.78 is 5.25. The predicted molar refractivity (Wildman–Crippen MR) is 182 cm³/mol. The predicted octanol–water partition coefficient (Wildman–Crippen LogP) is 4.72. The number of amides is 4. The number of benzene rings is 3. The molecular formula is C36H33N5O10. The van der Waals surface area contributed by atoms with Crippen LogP contribution >= 0.6 is 0 Å². The summed E-state index contributed by atoms with van der Waals surface area (Å²) in [6.45, 7) is 1.72. The molecule has 262 valence electrons. The molecule has 6 unspecified atom stereocenters. The van der Waals surface area contributed by atoms with Gasteiger partial charge in [0.2, 0.25) is 23.6 Å². The van der Waals surface area contributed by atoms with Crippen molar-refractivity contribution in [3.63, 3.8) is 0 Å². The van der Waals surface area contributed by atoms with Crippen LogP contribution < -0.4 is 19.4 Å². The van der Waals surface area contributed by atoms with Crippen molar-refractivity contribution in [2.45, 2.75) is 25.7 Å². The molecule has 51 heavy (non-hydrogen) atoms. The molecule has 7 rings (SSSR count). The number of aromatic hydroxyl groups is 1. The van der Waals surface area contributed by atoms with Crippen LogP contribution in [0.25, 0.3) is 0 Å². The Morgan fingerprint density at radius 3 is 2.08 bits per heavy atom. The molecule has 2 aliphatic carbocycles. The zero-order chi connectivity index (χ0) is 36.7. The van der Waals surface area contributed by atoms with Gasteiger partial charge in [-0.3, -0.25) is 39.4 Å². The second kappa shape index (κ2) is 11.7. The molecule has 3 aromatic rings. The Hall–Kier alpha value is -6.12. The highest BCUT2D eigenvalue weighted by atomic mass is 16.6. The minimum absolute atomic E-state index is 0.0444. The number of para-hydroxylation sites is 1. The Balaban J connectivity index is 1.36. The number of hydrogen-bond acceptors (Lipinski definition) is 11. The Morgan fingerprint density at radius 1 is 0.863 bits per heavy atom. The summed E-state index contributed by atoms with van der Waals surface area (Å²) in [7, 11) is 4.22. The molecular weight excluding hydrogens is 662 g/mol. The summed E-state index contributed by atoms with van der Waals surface area (Å²) in [5.41, 5.74) is -1.70. The average Bonchev–Trinajstić information content (AvgIpc) is 3.47. The summed E-state index contributed by atoms with van der Waals surface area (Å²) >= 11 is 0. The number of nitro groups is 2. The molecule has 0 bridgehead atoms. The van der Waals surface area contributed by atoms with Gasteiger partial charge in [0, 0.05) is 32.1 Å². The van der Waals surface area contributed by atoms with E-state index in [1.165, 1.54) is 32.2 Å². The number of carbonyl (C=O) groups excluding carboxylic acids is 4. The first-order valence-electron chi connectivity index (χ1n) is 16.2. The van der Waals surface area contributed by atoms with Crippen LogP contribution in [-0.4, -0.2) is 59.8 Å². The van der Waals surface area contributed by atoms with E-state index in [-0.39, 0.29) is 35.7 Å². The third-order valence-corrected chi connectivity index (χ3v) is 11.0. The fourth-order valence-electron chi connectivity index (χ4n) is 8.82. The number of ether oxygens (including phenoxy) is 1. The molecule has 15 nitrogen and oxygen atoms in total. The normalized spacial score (nSPS) is 26.7. The van der Waals surface area contributed by atoms with Gasteiger partial charge in [0.1, 0.15) is 0 Å². The number of hydrogen-bond donors (Lipinski definition) is 1. The minimum atomic E-state index is -1.35. The van der Waals surface area contributed by atoms with Crippen molar-refractivity contribution in [1.29, 1.82) is 0 Å². The van der Waals surface area contributed by atoms with Crippen LogP contribution in [0.2, 0.25) is 0 Å². The van der Waals surface area contributed by atoms with Crippen molar-refractivity contribution in [3.05, 3.63) is 98.1 Å². The first-order chi connectivity index (χ1) is 24.2. The molecule has 0 spiro atoms. The van der Waals surface area contributed by atoms with Crippen LogP contribution in [0.15, 0.2) is 72.3 Å². The zero-order valence-corrected chi connectivity index (χ0v) is 28.0. The first-order valence-corrected chi connectivity index (χ1v) is 16.2. The van der Waals surface area contributed by atoms with E-state index in [0.29, 0.717) is 16.8 Å². The Bertz CT molecular complexity index is 2060. The van der Waals surface area contributed by atoms with Gasteiger partial charge in [-0.2, -0.15) is 0 Å². The molecule has 3 fully saturated rings. The van der Waals surface area contributed by atoms with Crippen LogP contribution in [0.5, 0.6) is 11.5 Å². The SMILES string of the molecule is COc1ccc(C2C3=CCC4C(=O)N(c5cc([N+](=O)[O-])c(N(C)C)c([N+](=O)[O-])c5)C(=O)C4C3CC3C(=O)N(c4ccccc4)C(=O)C32C)cc1O. The first kappa shape index (κ1) is 33.4. The number of methoxy groups -OCH3 is 1. The number of phenolic OH excluding ortho intramolecular Hbond substituents is 1. The number of nitrogens with zero attached hydrogens (tertiary/aromatic N) is 5. The van der Waals surface area contributed by atoms with Crippen LogP contribution in [-0.2, 0) is 19.2 Å². The lowest BCUT2D eigenvalue weighted by molar-refractivity contribution is -0.392. The summed E-state index contributed by atoms with van der Waals surface area (Å²) in [4.78, 5) is 83.1. The second-order valence-electron chi connectivity index (χ2n) is 13.7. The summed E-state index contributed by atoms with van der Waals surface area (Å²) in [5, 5.41) is 35.0. The largest absolute Gasteiger partial charge is 0.504 e. The Morgan fingerprint density at radius 2 is 1.51 bits per heavy atom. The maximum absolute atomic E-state index is 14.5. The molecule has 1 N–H and O–H groups in total. The number of phenols is 1. The van der Waals surface area contributed by atoms with Gasteiger partial charge < -0.3 is 14.7 Å². The third-order valence-electron chi connectivity index (χ3n) is 11.0. The highest BCUT2D eigenvalue weighted by molar-refractivity contribution is 6.25. The fraction of sp³-hybridized carbons (Fsp3) is 0.333. The molecule has 4 aliphatic rings. The standard InChI is InChI=1S/C36H33N5O10/c1-36-24(33(44)39(35(36)46)19-8-6-5-7-9-19)17-23-21(30(36)18-10-13-28(51-4)27(42)14-18)11-12-22-29(23)34(45)38(32(22)43)20-15-25(40(47)48)31(37(2)3)26(16-20)41(49)50/h5-11,13-16,22-24,29-30,42H,12,17H2,1-4H3. The van der Waals surface area contributed by atoms with E-state index in [9.17, 15) is 44.5 Å². The minimum Gasteiger partial charge on any atom is -0.504 e. The van der Waals surface area contributed by atoms with Crippen LogP contribution in [0.4, 0.5) is 28.4 Å². The summed E-state index contributed by atoms with van der Waals surface area (Å²) in [5.74, 6) is -6.70.